The zero-order valence-electron chi connectivity index (χ0n) is 8.62. The van der Waals surface area contributed by atoms with Gasteiger partial charge in [0.15, 0.2) is 0 Å². The molecule has 1 unspecified atom stereocenters. The lowest BCUT2D eigenvalue weighted by atomic mass is 10.2. The maximum Gasteiger partial charge on any atom is 0.0221 e. The molecule has 0 aliphatic rings. The van der Waals surface area contributed by atoms with Crippen LogP contribution in [0.5, 0.6) is 0 Å². The van der Waals surface area contributed by atoms with Gasteiger partial charge < -0.3 is 9.88 Å². The summed E-state index contributed by atoms with van der Waals surface area (Å²) < 4.78 is 2.17. The van der Waals surface area contributed by atoms with Crippen molar-refractivity contribution in [1.29, 1.82) is 0 Å². The fourth-order valence-corrected chi connectivity index (χ4v) is 1.11. The molecule has 0 radical (unpaired) electrons. The fraction of sp³-hybridized carbons (Fsp3) is 0.455. The summed E-state index contributed by atoms with van der Waals surface area (Å²) in [6.45, 7) is 5.31. The summed E-state index contributed by atoms with van der Waals surface area (Å²) in [4.78, 5) is 0. The zero-order chi connectivity index (χ0) is 9.68. The van der Waals surface area contributed by atoms with E-state index in [1.54, 1.807) is 0 Å². The Balaban J connectivity index is 2.58. The Morgan fingerprint density at radius 2 is 2.38 bits per heavy atom. The first-order valence-corrected chi connectivity index (χ1v) is 4.77. The largest absolute Gasteiger partial charge is 0.354 e. The minimum absolute atomic E-state index is 0.435. The highest BCUT2D eigenvalue weighted by atomic mass is 14.9. The predicted molar refractivity (Wildman–Crippen MR) is 57.7 cm³/mol. The second-order valence-electron chi connectivity index (χ2n) is 3.21. The third-order valence-corrected chi connectivity index (χ3v) is 2.17. The van der Waals surface area contributed by atoms with Crippen molar-refractivity contribution in [3.05, 3.63) is 30.1 Å². The van der Waals surface area contributed by atoms with E-state index < -0.39 is 0 Å². The monoisotopic (exact) mass is 178 g/mol. The number of hydrogen-bond donors (Lipinski definition) is 1. The predicted octanol–water partition coefficient (Wildman–Crippen LogP) is 2.13. The van der Waals surface area contributed by atoms with E-state index in [1.165, 1.54) is 5.56 Å². The van der Waals surface area contributed by atoms with Crippen LogP contribution in [0.3, 0.4) is 0 Å². The molecule has 0 aliphatic carbocycles. The molecular formula is C11H18N2. The summed E-state index contributed by atoms with van der Waals surface area (Å²) in [7, 11) is 1.96. The van der Waals surface area contributed by atoms with Crippen molar-refractivity contribution < 1.29 is 0 Å². The van der Waals surface area contributed by atoms with Gasteiger partial charge in [0.05, 0.1) is 0 Å². The highest BCUT2D eigenvalue weighted by molar-refractivity contribution is 5.48. The van der Waals surface area contributed by atoms with E-state index in [1.807, 2.05) is 7.05 Å². The van der Waals surface area contributed by atoms with Crippen LogP contribution in [0.2, 0.25) is 0 Å². The van der Waals surface area contributed by atoms with Crippen molar-refractivity contribution >= 4 is 6.08 Å². The molecule has 1 aromatic rings. The first-order valence-electron chi connectivity index (χ1n) is 4.77. The standard InChI is InChI=1S/C11H18N2/c1-4-13-8-7-11(9-13)6-5-10(2)12-3/h5-10,12H,4H2,1-3H3/b6-5+. The molecule has 0 saturated carbocycles. The molecule has 0 saturated heterocycles. The number of nitrogens with one attached hydrogen (secondary N) is 1. The van der Waals surface area contributed by atoms with E-state index in [9.17, 15) is 0 Å². The number of nitrogens with zero attached hydrogens (tertiary/aromatic N) is 1. The van der Waals surface area contributed by atoms with Gasteiger partial charge in [0, 0.05) is 25.0 Å². The van der Waals surface area contributed by atoms with Crippen LogP contribution in [-0.2, 0) is 6.54 Å². The molecule has 0 aromatic carbocycles. The molecule has 13 heavy (non-hydrogen) atoms. The molecule has 2 nitrogen and oxygen atoms in total. The molecular weight excluding hydrogens is 160 g/mol. The third-order valence-electron chi connectivity index (χ3n) is 2.17. The number of aryl methyl sites for hydroxylation is 1. The second-order valence-corrected chi connectivity index (χ2v) is 3.21. The van der Waals surface area contributed by atoms with Gasteiger partial charge in [-0.25, -0.2) is 0 Å². The number of rotatable bonds is 4. The highest BCUT2D eigenvalue weighted by Gasteiger charge is 1.92. The average molecular weight is 178 g/mol. The Morgan fingerprint density at radius 3 is 2.92 bits per heavy atom. The summed E-state index contributed by atoms with van der Waals surface area (Å²) in [5.41, 5.74) is 1.27. The van der Waals surface area contributed by atoms with Crippen LogP contribution < -0.4 is 5.32 Å². The van der Waals surface area contributed by atoms with Crippen LogP contribution in [0.4, 0.5) is 0 Å². The van der Waals surface area contributed by atoms with Gasteiger partial charge in [0.1, 0.15) is 0 Å². The van der Waals surface area contributed by atoms with Gasteiger partial charge in [0.2, 0.25) is 0 Å². The Morgan fingerprint density at radius 1 is 1.62 bits per heavy atom. The SMILES string of the molecule is CCn1ccc(/C=C/C(C)NC)c1. The molecule has 1 aromatic heterocycles. The maximum absolute atomic E-state index is 3.16. The van der Waals surface area contributed by atoms with E-state index in [4.69, 9.17) is 0 Å². The van der Waals surface area contributed by atoms with Gasteiger partial charge >= 0.3 is 0 Å². The highest BCUT2D eigenvalue weighted by Crippen LogP contribution is 2.04. The molecule has 1 rings (SSSR count). The lowest BCUT2D eigenvalue weighted by molar-refractivity contribution is 0.731. The Hall–Kier alpha value is -1.02. The molecule has 1 atom stereocenters. The maximum atomic E-state index is 3.16. The number of aromatic nitrogens is 1. The van der Waals surface area contributed by atoms with E-state index in [2.05, 4.69) is 54.3 Å². The summed E-state index contributed by atoms with van der Waals surface area (Å²) in [6, 6.07) is 2.56. The molecule has 0 spiro atoms. The van der Waals surface area contributed by atoms with Gasteiger partial charge in [-0.15, -0.1) is 0 Å². The van der Waals surface area contributed by atoms with E-state index in [-0.39, 0.29) is 0 Å². The van der Waals surface area contributed by atoms with Crippen LogP contribution >= 0.6 is 0 Å². The molecule has 0 aliphatic heterocycles. The van der Waals surface area contributed by atoms with Crippen molar-refractivity contribution in [2.24, 2.45) is 0 Å². The lowest BCUT2D eigenvalue weighted by Gasteiger charge is -2.00. The lowest BCUT2D eigenvalue weighted by Crippen LogP contribution is -2.17. The zero-order valence-corrected chi connectivity index (χ0v) is 8.62. The van der Waals surface area contributed by atoms with Crippen LogP contribution in [-0.4, -0.2) is 17.7 Å². The topological polar surface area (TPSA) is 17.0 Å². The molecule has 2 heteroatoms. The van der Waals surface area contributed by atoms with Gasteiger partial charge in [-0.05, 0) is 32.5 Å². The Bertz CT molecular complexity index is 273. The summed E-state index contributed by atoms with van der Waals surface area (Å²) >= 11 is 0. The van der Waals surface area contributed by atoms with E-state index >= 15 is 0 Å². The first-order chi connectivity index (χ1) is 6.26. The molecule has 0 fully saturated rings. The smallest absolute Gasteiger partial charge is 0.0221 e. The number of hydrogen-bond acceptors (Lipinski definition) is 1. The summed E-state index contributed by atoms with van der Waals surface area (Å²) in [6.07, 6.45) is 8.56. The molecule has 1 heterocycles. The van der Waals surface area contributed by atoms with Crippen molar-refractivity contribution in [3.63, 3.8) is 0 Å². The quantitative estimate of drug-likeness (QED) is 0.747. The third kappa shape index (κ3) is 3.07. The van der Waals surface area contributed by atoms with E-state index in [0.29, 0.717) is 6.04 Å². The van der Waals surface area contributed by atoms with Crippen LogP contribution in [0.1, 0.15) is 19.4 Å². The average Bonchev–Trinajstić information content (AvgIpc) is 2.61. The van der Waals surface area contributed by atoms with Gasteiger partial charge in [0.25, 0.3) is 0 Å². The summed E-state index contributed by atoms with van der Waals surface area (Å²) in [5.74, 6) is 0. The first kappa shape index (κ1) is 10.1. The van der Waals surface area contributed by atoms with Crippen molar-refractivity contribution in [2.45, 2.75) is 26.4 Å². The minimum atomic E-state index is 0.435. The molecule has 1 N–H and O–H groups in total. The van der Waals surface area contributed by atoms with E-state index in [0.717, 1.165) is 6.54 Å². The Labute approximate surface area is 80.3 Å². The van der Waals surface area contributed by atoms with Gasteiger partial charge in [-0.2, -0.15) is 0 Å². The molecule has 72 valence electrons. The minimum Gasteiger partial charge on any atom is -0.354 e. The van der Waals surface area contributed by atoms with Gasteiger partial charge in [-0.3, -0.25) is 0 Å². The fourth-order valence-electron chi connectivity index (χ4n) is 1.11. The van der Waals surface area contributed by atoms with Crippen LogP contribution in [0.25, 0.3) is 6.08 Å². The van der Waals surface area contributed by atoms with Crippen LogP contribution in [0.15, 0.2) is 24.5 Å². The van der Waals surface area contributed by atoms with Crippen molar-refractivity contribution in [3.8, 4) is 0 Å². The van der Waals surface area contributed by atoms with Crippen molar-refractivity contribution in [2.75, 3.05) is 7.05 Å². The van der Waals surface area contributed by atoms with Crippen molar-refractivity contribution in [1.82, 2.24) is 9.88 Å². The van der Waals surface area contributed by atoms with Crippen LogP contribution in [0, 0.1) is 0 Å². The normalized spacial score (nSPS) is 13.8. The molecule has 0 bridgehead atoms. The summed E-state index contributed by atoms with van der Waals surface area (Å²) in [5, 5.41) is 3.16. The number of likely N-dealkylation sites (N-methyl/N-ethyl adjacent to an activating group) is 1. The molecule has 0 amide bonds. The Kier molecular flexibility index (Phi) is 3.77. The second kappa shape index (κ2) is 4.87. The van der Waals surface area contributed by atoms with Gasteiger partial charge in [-0.1, -0.05) is 12.2 Å².